The van der Waals surface area contributed by atoms with Gasteiger partial charge in [0, 0.05) is 21.1 Å². The van der Waals surface area contributed by atoms with Crippen LogP contribution in [-0.4, -0.2) is 30.5 Å². The van der Waals surface area contributed by atoms with Crippen molar-refractivity contribution in [3.63, 3.8) is 0 Å². The van der Waals surface area contributed by atoms with Crippen LogP contribution < -0.4 is 19.1 Å². The molecule has 42 heavy (non-hydrogen) atoms. The number of halogens is 1. The lowest BCUT2D eigenvalue weighted by Crippen LogP contribution is -2.70. The number of rotatable bonds is 6. The molecule has 5 aromatic rings. The third-order valence-corrected chi connectivity index (χ3v) is 9.89. The molecular formula is C34H27ClN2O4S. The van der Waals surface area contributed by atoms with Gasteiger partial charge in [0.25, 0.3) is 0 Å². The summed E-state index contributed by atoms with van der Waals surface area (Å²) in [4.78, 5) is 21.4. The molecule has 3 atom stereocenters. The zero-order chi connectivity index (χ0) is 28.8. The Morgan fingerprint density at radius 2 is 1.57 bits per heavy atom. The molecule has 0 spiro atoms. The van der Waals surface area contributed by atoms with Crippen LogP contribution in [0, 0.1) is 0 Å². The van der Waals surface area contributed by atoms with Crippen LogP contribution in [0.4, 0.5) is 5.69 Å². The lowest BCUT2D eigenvalue weighted by Gasteiger charge is -2.55. The predicted molar refractivity (Wildman–Crippen MR) is 166 cm³/mol. The number of hydrogen-bond acceptors (Lipinski definition) is 6. The van der Waals surface area contributed by atoms with E-state index < -0.39 is 10.9 Å². The van der Waals surface area contributed by atoms with Gasteiger partial charge in [0.15, 0.2) is 0 Å². The van der Waals surface area contributed by atoms with Gasteiger partial charge >= 0.3 is 0 Å². The number of carbonyl (C=O) groups excluding carboxylic acids is 1. The SMILES string of the molecule is COc1ccc(C23CC(c4cc5cc(OC)ccc5nc4Oc4ccccc4)Sc4ccccc4N2C(=O)C3Cl)cc1. The molecule has 8 heteroatoms. The van der Waals surface area contributed by atoms with Crippen molar-refractivity contribution in [2.75, 3.05) is 19.1 Å². The number of amides is 1. The van der Waals surface area contributed by atoms with Crippen LogP contribution >= 0.6 is 23.4 Å². The first-order valence-corrected chi connectivity index (χ1v) is 14.9. The first kappa shape index (κ1) is 26.7. The summed E-state index contributed by atoms with van der Waals surface area (Å²) in [5.74, 6) is 2.59. The highest BCUT2D eigenvalue weighted by atomic mass is 35.5. The Morgan fingerprint density at radius 3 is 2.33 bits per heavy atom. The summed E-state index contributed by atoms with van der Waals surface area (Å²) >= 11 is 8.74. The van der Waals surface area contributed by atoms with E-state index in [9.17, 15) is 4.79 Å². The molecule has 3 heterocycles. The Balaban J connectivity index is 1.44. The summed E-state index contributed by atoms with van der Waals surface area (Å²) in [7, 11) is 3.29. The summed E-state index contributed by atoms with van der Waals surface area (Å²) in [5, 5.41) is 0.0342. The van der Waals surface area contributed by atoms with Crippen LogP contribution in [0.3, 0.4) is 0 Å². The van der Waals surface area contributed by atoms with Crippen LogP contribution in [0.15, 0.2) is 108 Å². The minimum Gasteiger partial charge on any atom is -0.497 e. The van der Waals surface area contributed by atoms with E-state index in [1.165, 1.54) is 0 Å². The molecule has 3 unspecified atom stereocenters. The average Bonchev–Trinajstić information content (AvgIpc) is 3.18. The summed E-state index contributed by atoms with van der Waals surface area (Å²) in [6.07, 6.45) is 0.543. The van der Waals surface area contributed by atoms with Crippen molar-refractivity contribution in [3.05, 3.63) is 114 Å². The average molecular weight is 595 g/mol. The van der Waals surface area contributed by atoms with Crippen molar-refractivity contribution in [2.24, 2.45) is 0 Å². The van der Waals surface area contributed by atoms with E-state index in [1.807, 2.05) is 95.9 Å². The standard InChI is InChI=1S/C34H27ClN2O4S/c1-39-23-14-12-22(13-15-23)34-20-30(42-29-11-7-6-10-28(29)37(34)33(38)31(34)35)26-19-21-18-25(40-2)16-17-27(21)36-32(26)41-24-8-4-3-5-9-24/h3-19,30-31H,20H2,1-2H3. The maximum absolute atomic E-state index is 13.5. The second-order valence-corrected chi connectivity index (χ2v) is 12.0. The number of benzene rings is 4. The molecule has 1 saturated heterocycles. The number of methoxy groups -OCH3 is 2. The molecule has 0 radical (unpaired) electrons. The van der Waals surface area contributed by atoms with Gasteiger partial charge < -0.3 is 14.2 Å². The van der Waals surface area contributed by atoms with Gasteiger partial charge in [-0.15, -0.1) is 23.4 Å². The maximum Gasteiger partial charge on any atom is 0.248 e. The van der Waals surface area contributed by atoms with Crippen molar-refractivity contribution in [1.82, 2.24) is 4.98 Å². The van der Waals surface area contributed by atoms with Gasteiger partial charge in [0.1, 0.15) is 22.6 Å². The number of pyridine rings is 1. The smallest absolute Gasteiger partial charge is 0.248 e. The number of nitrogens with zero attached hydrogens (tertiary/aromatic N) is 2. The Labute approximate surface area is 253 Å². The van der Waals surface area contributed by atoms with Gasteiger partial charge in [-0.1, -0.05) is 42.5 Å². The molecule has 7 rings (SSSR count). The minimum atomic E-state index is -0.789. The van der Waals surface area contributed by atoms with Crippen LogP contribution in [0.5, 0.6) is 23.1 Å². The number of aromatic nitrogens is 1. The molecule has 0 saturated carbocycles. The van der Waals surface area contributed by atoms with E-state index in [0.717, 1.165) is 44.1 Å². The van der Waals surface area contributed by atoms with E-state index >= 15 is 0 Å². The molecule has 1 aromatic heterocycles. The third-order valence-electron chi connectivity index (χ3n) is 8.04. The van der Waals surface area contributed by atoms with Gasteiger partial charge in [-0.3, -0.25) is 9.69 Å². The predicted octanol–water partition coefficient (Wildman–Crippen LogP) is 8.13. The second-order valence-electron chi connectivity index (χ2n) is 10.3. The fraction of sp³-hybridized carbons (Fsp3) is 0.176. The summed E-state index contributed by atoms with van der Waals surface area (Å²) in [6, 6.07) is 33.5. The van der Waals surface area contributed by atoms with Crippen molar-refractivity contribution in [1.29, 1.82) is 0 Å². The van der Waals surface area contributed by atoms with E-state index in [1.54, 1.807) is 26.0 Å². The van der Waals surface area contributed by atoms with Crippen molar-refractivity contribution in [3.8, 4) is 23.1 Å². The largest absolute Gasteiger partial charge is 0.497 e. The lowest BCUT2D eigenvalue weighted by molar-refractivity contribution is -0.127. The number of β-lactam (4-membered cyclic amide) rings is 1. The quantitative estimate of drug-likeness (QED) is 0.146. The van der Waals surface area contributed by atoms with E-state index in [4.69, 9.17) is 30.8 Å². The maximum atomic E-state index is 13.5. The molecule has 2 aliphatic rings. The van der Waals surface area contributed by atoms with Crippen LogP contribution in [0.2, 0.25) is 0 Å². The van der Waals surface area contributed by atoms with Gasteiger partial charge in [0.2, 0.25) is 11.8 Å². The monoisotopic (exact) mass is 594 g/mol. The number of hydrogen-bond donors (Lipinski definition) is 0. The number of carbonyl (C=O) groups is 1. The molecule has 0 N–H and O–H groups in total. The fourth-order valence-corrected chi connectivity index (χ4v) is 7.74. The van der Waals surface area contributed by atoms with Crippen LogP contribution in [0.25, 0.3) is 10.9 Å². The molecule has 0 aliphatic carbocycles. The molecule has 1 fully saturated rings. The number of para-hydroxylation sites is 2. The minimum absolute atomic E-state index is 0.108. The topological polar surface area (TPSA) is 60.9 Å². The first-order valence-electron chi connectivity index (χ1n) is 13.6. The molecular weight excluding hydrogens is 568 g/mol. The Kier molecular flexibility index (Phi) is 6.72. The lowest BCUT2D eigenvalue weighted by atomic mass is 9.72. The number of anilines is 1. The number of fused-ring (bicyclic) bond motifs is 4. The third kappa shape index (κ3) is 4.27. The summed E-state index contributed by atoms with van der Waals surface area (Å²) < 4.78 is 17.4. The van der Waals surface area contributed by atoms with Crippen molar-refractivity contribution in [2.45, 2.75) is 27.5 Å². The Bertz CT molecular complexity index is 1800. The first-order chi connectivity index (χ1) is 20.5. The molecule has 0 bridgehead atoms. The molecule has 210 valence electrons. The second kappa shape index (κ2) is 10.6. The van der Waals surface area contributed by atoms with Gasteiger partial charge in [0.05, 0.1) is 31.0 Å². The molecule has 1 amide bonds. The molecule has 2 aliphatic heterocycles. The van der Waals surface area contributed by atoms with Gasteiger partial charge in [-0.25, -0.2) is 4.98 Å². The van der Waals surface area contributed by atoms with Crippen molar-refractivity contribution < 1.29 is 19.0 Å². The van der Waals surface area contributed by atoms with E-state index in [0.29, 0.717) is 18.1 Å². The highest BCUT2D eigenvalue weighted by Crippen LogP contribution is 2.61. The van der Waals surface area contributed by atoms with Crippen LogP contribution in [-0.2, 0) is 10.3 Å². The zero-order valence-corrected chi connectivity index (χ0v) is 24.6. The number of thioether (sulfide) groups is 1. The van der Waals surface area contributed by atoms with Crippen molar-refractivity contribution >= 4 is 45.9 Å². The Morgan fingerprint density at radius 1 is 0.857 bits per heavy atom. The number of alkyl halides is 1. The highest BCUT2D eigenvalue weighted by molar-refractivity contribution is 7.99. The highest BCUT2D eigenvalue weighted by Gasteiger charge is 2.63. The Hall–Kier alpha value is -4.20. The fourth-order valence-electron chi connectivity index (χ4n) is 5.95. The van der Waals surface area contributed by atoms with Gasteiger partial charge in [-0.2, -0.15) is 0 Å². The zero-order valence-electron chi connectivity index (χ0n) is 23.0. The van der Waals surface area contributed by atoms with E-state index in [2.05, 4.69) is 12.1 Å². The normalized spacial score (nSPS) is 21.1. The molecule has 4 aromatic carbocycles. The van der Waals surface area contributed by atoms with Crippen LogP contribution in [0.1, 0.15) is 22.8 Å². The van der Waals surface area contributed by atoms with E-state index in [-0.39, 0.29) is 11.2 Å². The molecule has 6 nitrogen and oxygen atoms in total. The number of ether oxygens (including phenoxy) is 3. The summed E-state index contributed by atoms with van der Waals surface area (Å²) in [6.45, 7) is 0. The van der Waals surface area contributed by atoms with Gasteiger partial charge in [-0.05, 0) is 72.6 Å². The summed E-state index contributed by atoms with van der Waals surface area (Å²) in [5.41, 5.74) is 2.72.